The van der Waals surface area contributed by atoms with Crippen molar-refractivity contribution in [2.75, 3.05) is 6.54 Å². The van der Waals surface area contributed by atoms with Gasteiger partial charge >= 0.3 is 0 Å². The lowest BCUT2D eigenvalue weighted by molar-refractivity contribution is 0.739. The summed E-state index contributed by atoms with van der Waals surface area (Å²) < 4.78 is 1.88. The van der Waals surface area contributed by atoms with Crippen molar-refractivity contribution in [3.05, 3.63) is 16.8 Å². The molecule has 1 aliphatic rings. The Kier molecular flexibility index (Phi) is 1.03. The molecule has 0 fully saturated rings. The van der Waals surface area contributed by atoms with Crippen molar-refractivity contribution in [1.29, 1.82) is 0 Å². The van der Waals surface area contributed by atoms with Crippen LogP contribution in [-0.4, -0.2) is 16.3 Å². The maximum atomic E-state index is 4.11. The van der Waals surface area contributed by atoms with Crippen molar-refractivity contribution >= 4 is 12.3 Å². The highest BCUT2D eigenvalue weighted by atomic mass is 15.2. The SMILES string of the molecule is Cn1ncc2c1=CCNC=2. The first-order valence-electron chi connectivity index (χ1n) is 3.30. The summed E-state index contributed by atoms with van der Waals surface area (Å²) in [5, 5.41) is 9.61. The van der Waals surface area contributed by atoms with E-state index in [0.717, 1.165) is 6.54 Å². The minimum atomic E-state index is 0.909. The Bertz CT molecular complexity index is 347. The molecule has 0 unspecified atom stereocenters. The van der Waals surface area contributed by atoms with Gasteiger partial charge < -0.3 is 5.32 Å². The van der Waals surface area contributed by atoms with Gasteiger partial charge in [0, 0.05) is 25.0 Å². The van der Waals surface area contributed by atoms with Crippen molar-refractivity contribution in [3.8, 4) is 0 Å². The molecule has 0 spiro atoms. The molecule has 0 bridgehead atoms. The largest absolute Gasteiger partial charge is 0.387 e. The van der Waals surface area contributed by atoms with Gasteiger partial charge in [0.1, 0.15) is 0 Å². The normalized spacial score (nSPS) is 14.5. The quantitative estimate of drug-likeness (QED) is 0.471. The average Bonchev–Trinajstić information content (AvgIpc) is 2.34. The molecule has 0 aliphatic carbocycles. The molecule has 0 amide bonds. The van der Waals surface area contributed by atoms with Crippen LogP contribution in [0.15, 0.2) is 6.20 Å². The zero-order valence-corrected chi connectivity index (χ0v) is 5.83. The molecule has 0 saturated carbocycles. The number of aromatic nitrogens is 2. The van der Waals surface area contributed by atoms with Gasteiger partial charge in [0.15, 0.2) is 0 Å². The highest BCUT2D eigenvalue weighted by Gasteiger charge is 1.94. The van der Waals surface area contributed by atoms with Crippen molar-refractivity contribution in [2.45, 2.75) is 0 Å². The van der Waals surface area contributed by atoms with E-state index < -0.39 is 0 Å². The van der Waals surface area contributed by atoms with Crippen molar-refractivity contribution in [3.63, 3.8) is 0 Å². The fourth-order valence-corrected chi connectivity index (χ4v) is 1.15. The third-order valence-corrected chi connectivity index (χ3v) is 1.69. The van der Waals surface area contributed by atoms with Gasteiger partial charge in [-0.25, -0.2) is 0 Å². The van der Waals surface area contributed by atoms with E-state index >= 15 is 0 Å². The number of nitrogens with zero attached hydrogens (tertiary/aromatic N) is 2. The molecule has 0 saturated heterocycles. The molecule has 1 aromatic heterocycles. The molecule has 10 heavy (non-hydrogen) atoms. The van der Waals surface area contributed by atoms with E-state index in [2.05, 4.69) is 16.5 Å². The van der Waals surface area contributed by atoms with Gasteiger partial charge in [-0.3, -0.25) is 4.68 Å². The van der Waals surface area contributed by atoms with Crippen molar-refractivity contribution in [1.82, 2.24) is 15.1 Å². The summed E-state index contributed by atoms with van der Waals surface area (Å²) >= 11 is 0. The van der Waals surface area contributed by atoms with Crippen LogP contribution in [0.5, 0.6) is 0 Å². The zero-order valence-electron chi connectivity index (χ0n) is 5.83. The Labute approximate surface area is 58.7 Å². The molecule has 52 valence electrons. The Morgan fingerprint density at radius 3 is 3.40 bits per heavy atom. The fourth-order valence-electron chi connectivity index (χ4n) is 1.15. The third-order valence-electron chi connectivity index (χ3n) is 1.69. The van der Waals surface area contributed by atoms with Gasteiger partial charge in [0.25, 0.3) is 0 Å². The Morgan fingerprint density at radius 2 is 2.60 bits per heavy atom. The molecule has 3 heteroatoms. The maximum Gasteiger partial charge on any atom is 0.0671 e. The predicted octanol–water partition coefficient (Wildman–Crippen LogP) is -1.46. The second-order valence-corrected chi connectivity index (χ2v) is 2.37. The topological polar surface area (TPSA) is 29.9 Å². The van der Waals surface area contributed by atoms with Crippen LogP contribution in [0.1, 0.15) is 0 Å². The van der Waals surface area contributed by atoms with Gasteiger partial charge in [-0.05, 0) is 6.08 Å². The number of aryl methyl sites for hydroxylation is 1. The van der Waals surface area contributed by atoms with Crippen molar-refractivity contribution in [2.24, 2.45) is 7.05 Å². The van der Waals surface area contributed by atoms with E-state index in [1.807, 2.05) is 24.1 Å². The number of nitrogens with one attached hydrogen (secondary N) is 1. The van der Waals surface area contributed by atoms with Crippen LogP contribution in [0.4, 0.5) is 0 Å². The first-order valence-corrected chi connectivity index (χ1v) is 3.30. The minimum absolute atomic E-state index is 0.909. The lowest BCUT2D eigenvalue weighted by Gasteiger charge is -1.98. The number of hydrogen-bond acceptors (Lipinski definition) is 2. The maximum absolute atomic E-state index is 4.11. The molecule has 1 N–H and O–H groups in total. The number of fused-ring (bicyclic) bond motifs is 1. The van der Waals surface area contributed by atoms with E-state index in [1.165, 1.54) is 10.6 Å². The van der Waals surface area contributed by atoms with Crippen LogP contribution in [0, 0.1) is 0 Å². The molecule has 2 rings (SSSR count). The summed E-state index contributed by atoms with van der Waals surface area (Å²) in [6, 6.07) is 0. The van der Waals surface area contributed by atoms with Gasteiger partial charge in [-0.1, -0.05) is 0 Å². The Hall–Kier alpha value is -1.25. The van der Waals surface area contributed by atoms with Gasteiger partial charge in [0.2, 0.25) is 0 Å². The molecule has 0 radical (unpaired) electrons. The van der Waals surface area contributed by atoms with E-state index in [4.69, 9.17) is 0 Å². The van der Waals surface area contributed by atoms with E-state index in [9.17, 15) is 0 Å². The number of hydrogen-bond donors (Lipinski definition) is 1. The van der Waals surface area contributed by atoms with Crippen LogP contribution in [0.3, 0.4) is 0 Å². The summed E-state index contributed by atoms with van der Waals surface area (Å²) in [6.45, 7) is 0.909. The van der Waals surface area contributed by atoms with Crippen LogP contribution in [0.2, 0.25) is 0 Å². The minimum Gasteiger partial charge on any atom is -0.387 e. The monoisotopic (exact) mass is 135 g/mol. The van der Waals surface area contributed by atoms with E-state index in [1.54, 1.807) is 0 Å². The van der Waals surface area contributed by atoms with Crippen LogP contribution in [0.25, 0.3) is 12.3 Å². The van der Waals surface area contributed by atoms with Gasteiger partial charge in [0.05, 0.1) is 11.5 Å². The summed E-state index contributed by atoms with van der Waals surface area (Å²) in [6.07, 6.45) is 5.97. The van der Waals surface area contributed by atoms with Crippen LogP contribution in [-0.2, 0) is 7.05 Å². The smallest absolute Gasteiger partial charge is 0.0671 e. The summed E-state index contributed by atoms with van der Waals surface area (Å²) in [7, 11) is 1.95. The second-order valence-electron chi connectivity index (χ2n) is 2.37. The van der Waals surface area contributed by atoms with E-state index in [-0.39, 0.29) is 0 Å². The molecule has 3 nitrogen and oxygen atoms in total. The predicted molar refractivity (Wildman–Crippen MR) is 39.4 cm³/mol. The molecular formula is C7H9N3. The van der Waals surface area contributed by atoms with Crippen molar-refractivity contribution < 1.29 is 0 Å². The zero-order chi connectivity index (χ0) is 6.97. The number of rotatable bonds is 0. The molecule has 1 aromatic rings. The lowest BCUT2D eigenvalue weighted by Crippen LogP contribution is -2.34. The third kappa shape index (κ3) is 0.635. The van der Waals surface area contributed by atoms with Gasteiger partial charge in [-0.2, -0.15) is 5.10 Å². The Morgan fingerprint density at radius 1 is 1.70 bits per heavy atom. The fraction of sp³-hybridized carbons (Fsp3) is 0.286. The van der Waals surface area contributed by atoms with Crippen LogP contribution >= 0.6 is 0 Å². The highest BCUT2D eigenvalue weighted by Crippen LogP contribution is 1.70. The molecular weight excluding hydrogens is 126 g/mol. The highest BCUT2D eigenvalue weighted by molar-refractivity contribution is 5.34. The summed E-state index contributed by atoms with van der Waals surface area (Å²) in [5.74, 6) is 0. The first kappa shape index (κ1) is 5.53. The first-order chi connectivity index (χ1) is 4.88. The average molecular weight is 135 g/mol. The Balaban J connectivity index is 2.89. The van der Waals surface area contributed by atoms with E-state index in [0.29, 0.717) is 0 Å². The molecule has 2 heterocycles. The standard InChI is InChI=1S/C7H9N3/c1-10-7-2-3-8-4-6(7)5-9-10/h2,4-5,8H,3H2,1H3. The summed E-state index contributed by atoms with van der Waals surface area (Å²) in [4.78, 5) is 0. The summed E-state index contributed by atoms with van der Waals surface area (Å²) in [5.41, 5.74) is 0. The molecule has 1 aliphatic heterocycles. The lowest BCUT2D eigenvalue weighted by atomic mass is 10.3. The molecule has 0 atom stereocenters. The van der Waals surface area contributed by atoms with Crippen LogP contribution < -0.4 is 15.9 Å². The second kappa shape index (κ2) is 1.87. The van der Waals surface area contributed by atoms with Gasteiger partial charge in [-0.15, -0.1) is 0 Å². The molecule has 0 aromatic carbocycles.